The minimum Gasteiger partial charge on any atom is -0.493 e. The van der Waals surface area contributed by atoms with Gasteiger partial charge in [0.05, 0.1) is 22.9 Å². The van der Waals surface area contributed by atoms with Crippen molar-refractivity contribution in [3.63, 3.8) is 0 Å². The van der Waals surface area contributed by atoms with Crippen LogP contribution in [0, 0.1) is 0 Å². The van der Waals surface area contributed by atoms with Gasteiger partial charge in [-0.3, -0.25) is 9.98 Å². The molecular weight excluding hydrogens is 582 g/mol. The van der Waals surface area contributed by atoms with E-state index in [-0.39, 0.29) is 11.7 Å². The third-order valence-electron chi connectivity index (χ3n) is 6.08. The Bertz CT molecular complexity index is 1870. The van der Waals surface area contributed by atoms with E-state index in [4.69, 9.17) is 26.1 Å². The lowest BCUT2D eigenvalue weighted by molar-refractivity contribution is -0.149. The molecule has 5 rings (SSSR count). The van der Waals surface area contributed by atoms with Gasteiger partial charge in [0, 0.05) is 23.7 Å². The molecule has 1 fully saturated rings. The average molecular weight is 612 g/mol. The van der Waals surface area contributed by atoms with Crippen LogP contribution in [0.2, 0.25) is 5.02 Å². The van der Waals surface area contributed by atoms with Crippen molar-refractivity contribution < 1.29 is 24.2 Å². The maximum atomic E-state index is 12.6. The number of H-pyrrole nitrogens is 1. The first-order valence-corrected chi connectivity index (χ1v) is 13.7. The summed E-state index contributed by atoms with van der Waals surface area (Å²) in [5, 5.41) is 21.6. The minimum absolute atomic E-state index is 0.0360. The number of alkyl carbamates (subject to hydrolysis) is 1. The Kier molecular flexibility index (Phi) is 8.08. The molecule has 43 heavy (non-hydrogen) atoms. The molecule has 0 aliphatic heterocycles. The molecule has 1 aliphatic rings. The zero-order chi connectivity index (χ0) is 30.9. The van der Waals surface area contributed by atoms with Gasteiger partial charge >= 0.3 is 17.8 Å². The number of halogens is 1. The third-order valence-corrected chi connectivity index (χ3v) is 6.38. The van der Waals surface area contributed by atoms with E-state index in [1.165, 1.54) is 25.4 Å². The van der Waals surface area contributed by atoms with Gasteiger partial charge in [-0.25, -0.2) is 23.9 Å². The molecule has 1 atom stereocenters. The Balaban J connectivity index is 1.40. The molecule has 15 nitrogen and oxygen atoms in total. The van der Waals surface area contributed by atoms with E-state index >= 15 is 0 Å². The predicted molar refractivity (Wildman–Crippen MR) is 155 cm³/mol. The number of anilines is 2. The zero-order valence-corrected chi connectivity index (χ0v) is 24.5. The highest BCUT2D eigenvalue weighted by atomic mass is 35.5. The summed E-state index contributed by atoms with van der Waals surface area (Å²) in [6.45, 7) is 5.85. The number of aromatic hydroxyl groups is 1. The van der Waals surface area contributed by atoms with Crippen LogP contribution in [0.3, 0.4) is 0 Å². The summed E-state index contributed by atoms with van der Waals surface area (Å²) in [6, 6.07) is 2.59. The zero-order valence-electron chi connectivity index (χ0n) is 23.8. The maximum Gasteiger partial charge on any atom is 0.408 e. The normalized spacial score (nSPS) is 15.0. The second-order valence-electron chi connectivity index (χ2n) is 10.9. The lowest BCUT2D eigenvalue weighted by Gasteiger charge is -2.21. The van der Waals surface area contributed by atoms with Gasteiger partial charge in [-0.05, 0) is 52.7 Å². The number of rotatable bonds is 8. The second-order valence-corrected chi connectivity index (χ2v) is 11.3. The Hall–Kier alpha value is -4.92. The van der Waals surface area contributed by atoms with Crippen molar-refractivity contribution in [1.29, 1.82) is 0 Å². The number of nitrogens with zero attached hydrogens (tertiary/aromatic N) is 6. The highest BCUT2D eigenvalue weighted by Crippen LogP contribution is 2.24. The first-order chi connectivity index (χ1) is 20.4. The van der Waals surface area contributed by atoms with E-state index in [1.54, 1.807) is 43.6 Å². The number of pyridine rings is 1. The summed E-state index contributed by atoms with van der Waals surface area (Å²) in [5.41, 5.74) is 0.120. The molecule has 4 aromatic rings. The molecule has 4 heterocycles. The van der Waals surface area contributed by atoms with Crippen molar-refractivity contribution in [3.8, 4) is 5.88 Å². The minimum atomic E-state index is -1.07. The summed E-state index contributed by atoms with van der Waals surface area (Å²) in [5.74, 6) is -0.867. The van der Waals surface area contributed by atoms with E-state index < -0.39 is 42.0 Å². The Morgan fingerprint density at radius 1 is 1.33 bits per heavy atom. The van der Waals surface area contributed by atoms with Crippen LogP contribution in [0.25, 0.3) is 11.7 Å². The lowest BCUT2D eigenvalue weighted by atomic mass is 10.2. The quantitative estimate of drug-likeness (QED) is 0.213. The van der Waals surface area contributed by atoms with Gasteiger partial charge in [-0.15, -0.1) is 0 Å². The lowest BCUT2D eigenvalue weighted by Crippen LogP contribution is -2.42. The molecule has 1 saturated carbocycles. The van der Waals surface area contributed by atoms with Crippen molar-refractivity contribution in [2.24, 2.45) is 4.99 Å². The van der Waals surface area contributed by atoms with Crippen molar-refractivity contribution in [2.75, 3.05) is 5.32 Å². The molecule has 0 bridgehead atoms. The van der Waals surface area contributed by atoms with Crippen molar-refractivity contribution in [2.45, 2.75) is 65.0 Å². The van der Waals surface area contributed by atoms with E-state index in [9.17, 15) is 19.5 Å². The van der Waals surface area contributed by atoms with E-state index in [2.05, 4.69) is 30.7 Å². The van der Waals surface area contributed by atoms with Gasteiger partial charge < -0.3 is 30.2 Å². The second kappa shape index (κ2) is 11.8. The largest absolute Gasteiger partial charge is 0.493 e. The standard InChI is InChI=1S/C27H30ClN9O6/c1-14(31-26(41)43-27(2,3)4)24(39)42-13-36-23(38)19(34-25(36)40)9-15-11-30-37-21(32-16-5-6-16)10-20(35-22(15)37)33-18-7-8-29-12-17(18)28/h7-12,14,16,38H,5-6,13H2,1-4H3,(H,29,33)(H,31,41)(H,34,40)/b15-9-,32-21?/t14-/m0/s1. The van der Waals surface area contributed by atoms with Gasteiger partial charge in [0.25, 0.3) is 0 Å². The number of imidazole rings is 1. The van der Waals surface area contributed by atoms with Crippen LogP contribution in [0.1, 0.15) is 46.2 Å². The number of hydrogen-bond donors (Lipinski definition) is 4. The van der Waals surface area contributed by atoms with Crippen LogP contribution in [0.4, 0.5) is 16.3 Å². The summed E-state index contributed by atoms with van der Waals surface area (Å²) < 4.78 is 12.7. The van der Waals surface area contributed by atoms with Crippen LogP contribution in [-0.2, 0) is 21.0 Å². The van der Waals surface area contributed by atoms with Crippen LogP contribution in [0.15, 0.2) is 40.5 Å². The number of hydrogen-bond acceptors (Lipinski definition) is 11. The Morgan fingerprint density at radius 2 is 2.09 bits per heavy atom. The van der Waals surface area contributed by atoms with Gasteiger partial charge in [0.15, 0.2) is 17.9 Å². The van der Waals surface area contributed by atoms with E-state index in [1.807, 2.05) is 0 Å². The van der Waals surface area contributed by atoms with Gasteiger partial charge in [0.1, 0.15) is 23.2 Å². The monoisotopic (exact) mass is 611 g/mol. The number of carbonyl (C=O) groups excluding carboxylic acids is 2. The van der Waals surface area contributed by atoms with Crippen LogP contribution >= 0.6 is 11.6 Å². The molecule has 0 spiro atoms. The molecule has 226 valence electrons. The van der Waals surface area contributed by atoms with Gasteiger partial charge in [-0.2, -0.15) is 9.61 Å². The Labute approximate surface area is 249 Å². The molecule has 0 radical (unpaired) electrons. The SMILES string of the molecule is C[C@H](NC(=O)OC(C)(C)C)C(=O)OCn1c(O)c(/C=c2/cnn3c(=NC4CC4)cc(Nc4ccncc4Cl)nc23)[nH]c1=O. The fourth-order valence-electron chi connectivity index (χ4n) is 3.88. The number of nitrogens with one attached hydrogen (secondary N) is 3. The van der Waals surface area contributed by atoms with Crippen LogP contribution in [0.5, 0.6) is 5.88 Å². The number of amides is 1. The smallest absolute Gasteiger partial charge is 0.408 e. The van der Waals surface area contributed by atoms with E-state index in [0.717, 1.165) is 17.4 Å². The highest BCUT2D eigenvalue weighted by molar-refractivity contribution is 6.33. The van der Waals surface area contributed by atoms with Crippen molar-refractivity contribution in [3.05, 3.63) is 62.6 Å². The fraction of sp³-hybridized carbons (Fsp3) is 0.370. The summed E-state index contributed by atoms with van der Waals surface area (Å²) >= 11 is 6.27. The number of fused-ring (bicyclic) bond motifs is 1. The number of aromatic amines is 1. The number of aromatic nitrogens is 6. The molecule has 4 N–H and O–H groups in total. The first-order valence-electron chi connectivity index (χ1n) is 13.4. The first kappa shape index (κ1) is 29.6. The number of carbonyl (C=O) groups is 2. The summed E-state index contributed by atoms with van der Waals surface area (Å²) in [4.78, 5) is 52.9. The molecule has 0 saturated heterocycles. The van der Waals surface area contributed by atoms with Gasteiger partial charge in [0.2, 0.25) is 5.88 Å². The van der Waals surface area contributed by atoms with Crippen molar-refractivity contribution >= 4 is 46.9 Å². The highest BCUT2D eigenvalue weighted by Gasteiger charge is 2.23. The van der Waals surface area contributed by atoms with Crippen molar-refractivity contribution in [1.82, 2.24) is 34.4 Å². The average Bonchev–Trinajstić information content (AvgIpc) is 3.59. The molecule has 16 heteroatoms. The molecular formula is C27H30ClN9O6. The summed E-state index contributed by atoms with van der Waals surface area (Å²) in [7, 11) is 0. The summed E-state index contributed by atoms with van der Waals surface area (Å²) in [6.07, 6.45) is 7.28. The molecule has 1 amide bonds. The molecule has 0 aromatic carbocycles. The number of ether oxygens (including phenoxy) is 2. The fourth-order valence-corrected chi connectivity index (χ4v) is 4.05. The van der Waals surface area contributed by atoms with Crippen LogP contribution < -0.4 is 27.0 Å². The predicted octanol–water partition coefficient (Wildman–Crippen LogP) is 1.74. The van der Waals surface area contributed by atoms with Gasteiger partial charge in [-0.1, -0.05) is 11.6 Å². The number of esters is 1. The topological polar surface area (TPSA) is 190 Å². The molecule has 0 unspecified atom stereocenters. The maximum absolute atomic E-state index is 12.6. The Morgan fingerprint density at radius 3 is 2.79 bits per heavy atom. The third kappa shape index (κ3) is 7.12. The molecule has 1 aliphatic carbocycles. The van der Waals surface area contributed by atoms with E-state index in [0.29, 0.717) is 32.9 Å². The van der Waals surface area contributed by atoms with Crippen LogP contribution in [-0.4, -0.2) is 64.0 Å². The molecule has 4 aromatic heterocycles.